The fourth-order valence-corrected chi connectivity index (χ4v) is 2.33. The number of hydrogen-bond donors (Lipinski definition) is 2. The molecule has 1 aromatic rings. The second-order valence-corrected chi connectivity index (χ2v) is 4.76. The highest BCUT2D eigenvalue weighted by Crippen LogP contribution is 2.23. The third-order valence-corrected chi connectivity index (χ3v) is 3.38. The molecule has 0 aromatic carbocycles. The molecule has 1 heterocycles. The van der Waals surface area contributed by atoms with E-state index in [1.807, 2.05) is 0 Å². The van der Waals surface area contributed by atoms with E-state index in [1.54, 1.807) is 0 Å². The molecule has 1 aromatic heterocycles. The van der Waals surface area contributed by atoms with Crippen molar-refractivity contribution in [3.63, 3.8) is 0 Å². The van der Waals surface area contributed by atoms with E-state index in [0.717, 1.165) is 38.3 Å². The van der Waals surface area contributed by atoms with Crippen molar-refractivity contribution < 1.29 is 9.18 Å². The summed E-state index contributed by atoms with van der Waals surface area (Å²) in [5.41, 5.74) is 6.02. The minimum atomic E-state index is -0.417. The van der Waals surface area contributed by atoms with E-state index < -0.39 is 5.82 Å². The summed E-state index contributed by atoms with van der Waals surface area (Å²) in [6.45, 7) is 0. The Balaban J connectivity index is 1.99. The molecule has 1 fully saturated rings. The van der Waals surface area contributed by atoms with Crippen molar-refractivity contribution in [2.75, 3.05) is 5.32 Å². The average Bonchev–Trinajstić information content (AvgIpc) is 2.57. The molecule has 1 saturated carbocycles. The van der Waals surface area contributed by atoms with E-state index in [-0.39, 0.29) is 17.9 Å². The lowest BCUT2D eigenvalue weighted by atomic mass is 9.94. The monoisotopic (exact) mass is 251 g/mol. The first-order chi connectivity index (χ1) is 8.66. The summed E-state index contributed by atoms with van der Waals surface area (Å²) in [5.74, 6) is -0.320. The lowest BCUT2D eigenvalue weighted by Gasteiger charge is -2.20. The third kappa shape index (κ3) is 3.26. The maximum absolute atomic E-state index is 12.7. The van der Waals surface area contributed by atoms with Crippen LogP contribution in [0.5, 0.6) is 0 Å². The first-order valence-electron chi connectivity index (χ1n) is 6.35. The highest BCUT2D eigenvalue weighted by molar-refractivity contribution is 5.92. The molecule has 0 radical (unpaired) electrons. The lowest BCUT2D eigenvalue weighted by Crippen LogP contribution is -2.37. The fraction of sp³-hybridized carbons (Fsp3) is 0.538. The van der Waals surface area contributed by atoms with Crippen LogP contribution in [0, 0.1) is 11.7 Å². The van der Waals surface area contributed by atoms with Gasteiger partial charge in [-0.3, -0.25) is 4.79 Å². The first kappa shape index (κ1) is 13.0. The number of rotatable bonds is 2. The van der Waals surface area contributed by atoms with Gasteiger partial charge in [0.05, 0.1) is 12.1 Å². The summed E-state index contributed by atoms with van der Waals surface area (Å²) in [7, 11) is 0. The molecule has 0 aliphatic heterocycles. The van der Waals surface area contributed by atoms with Gasteiger partial charge in [-0.2, -0.15) is 0 Å². The van der Waals surface area contributed by atoms with Crippen molar-refractivity contribution >= 4 is 11.7 Å². The number of amides is 1. The molecule has 5 heteroatoms. The Kier molecular flexibility index (Phi) is 4.25. The van der Waals surface area contributed by atoms with Gasteiger partial charge >= 0.3 is 0 Å². The van der Waals surface area contributed by atoms with Crippen molar-refractivity contribution in [3.8, 4) is 0 Å². The van der Waals surface area contributed by atoms with Crippen LogP contribution < -0.4 is 11.1 Å². The van der Waals surface area contributed by atoms with Crippen LogP contribution in [0.2, 0.25) is 0 Å². The number of nitrogens with zero attached hydrogens (tertiary/aromatic N) is 1. The van der Waals surface area contributed by atoms with Crippen LogP contribution in [0.25, 0.3) is 0 Å². The molecule has 1 aliphatic carbocycles. The van der Waals surface area contributed by atoms with Crippen LogP contribution in [0.3, 0.4) is 0 Å². The van der Waals surface area contributed by atoms with Crippen molar-refractivity contribution in [1.29, 1.82) is 0 Å². The molecule has 2 atom stereocenters. The lowest BCUT2D eigenvalue weighted by molar-refractivity contribution is -0.120. The molecule has 0 saturated heterocycles. The fourth-order valence-electron chi connectivity index (χ4n) is 2.33. The predicted molar refractivity (Wildman–Crippen MR) is 67.4 cm³/mol. The van der Waals surface area contributed by atoms with Gasteiger partial charge in [0.2, 0.25) is 5.91 Å². The number of carbonyl (C=O) groups is 1. The molecule has 0 bridgehead atoms. The van der Waals surface area contributed by atoms with Gasteiger partial charge < -0.3 is 11.1 Å². The Bertz CT molecular complexity index is 407. The van der Waals surface area contributed by atoms with E-state index in [2.05, 4.69) is 10.3 Å². The Morgan fingerprint density at radius 1 is 1.33 bits per heavy atom. The van der Waals surface area contributed by atoms with Gasteiger partial charge in [-0.15, -0.1) is 0 Å². The van der Waals surface area contributed by atoms with E-state index in [1.165, 1.54) is 12.1 Å². The number of halogens is 1. The number of nitrogens with two attached hydrogens (primary N) is 1. The van der Waals surface area contributed by atoms with Crippen LogP contribution in [0.1, 0.15) is 32.1 Å². The van der Waals surface area contributed by atoms with Crippen LogP contribution in [0.4, 0.5) is 10.2 Å². The van der Waals surface area contributed by atoms with Gasteiger partial charge in [-0.1, -0.05) is 19.3 Å². The zero-order valence-electron chi connectivity index (χ0n) is 10.2. The summed E-state index contributed by atoms with van der Waals surface area (Å²) in [5, 5.41) is 2.70. The first-order valence-corrected chi connectivity index (χ1v) is 6.35. The Morgan fingerprint density at radius 2 is 2.11 bits per heavy atom. The smallest absolute Gasteiger partial charge is 0.230 e. The number of pyridine rings is 1. The van der Waals surface area contributed by atoms with Crippen molar-refractivity contribution in [2.24, 2.45) is 11.7 Å². The molecule has 1 amide bonds. The molecular formula is C13H18FN3O. The minimum Gasteiger partial charge on any atom is -0.327 e. The number of hydrogen-bond acceptors (Lipinski definition) is 3. The van der Waals surface area contributed by atoms with Gasteiger partial charge in [0.15, 0.2) is 0 Å². The maximum Gasteiger partial charge on any atom is 0.230 e. The summed E-state index contributed by atoms with van der Waals surface area (Å²) in [4.78, 5) is 15.9. The summed E-state index contributed by atoms with van der Waals surface area (Å²) >= 11 is 0. The topological polar surface area (TPSA) is 68.0 Å². The van der Waals surface area contributed by atoms with Crippen molar-refractivity contribution in [2.45, 2.75) is 38.1 Å². The zero-order valence-corrected chi connectivity index (χ0v) is 10.2. The Labute approximate surface area is 106 Å². The number of carbonyl (C=O) groups excluding carboxylic acids is 1. The zero-order chi connectivity index (χ0) is 13.0. The number of anilines is 1. The number of aromatic nitrogens is 1. The van der Waals surface area contributed by atoms with Crippen LogP contribution in [-0.2, 0) is 4.79 Å². The van der Waals surface area contributed by atoms with E-state index in [4.69, 9.17) is 5.73 Å². The van der Waals surface area contributed by atoms with Gasteiger partial charge in [-0.05, 0) is 25.0 Å². The molecule has 2 unspecified atom stereocenters. The SMILES string of the molecule is NC1CCCCCC1C(=O)Nc1ccc(F)cn1. The van der Waals surface area contributed by atoms with Crippen LogP contribution >= 0.6 is 0 Å². The molecule has 0 spiro atoms. The van der Waals surface area contributed by atoms with Gasteiger partial charge in [-0.25, -0.2) is 9.37 Å². The van der Waals surface area contributed by atoms with E-state index in [9.17, 15) is 9.18 Å². The highest BCUT2D eigenvalue weighted by Gasteiger charge is 2.27. The minimum absolute atomic E-state index is 0.0899. The van der Waals surface area contributed by atoms with Crippen molar-refractivity contribution in [3.05, 3.63) is 24.1 Å². The number of nitrogens with one attached hydrogen (secondary N) is 1. The molecule has 18 heavy (non-hydrogen) atoms. The van der Waals surface area contributed by atoms with Gasteiger partial charge in [0.1, 0.15) is 11.6 Å². The van der Waals surface area contributed by atoms with Crippen LogP contribution in [0.15, 0.2) is 18.3 Å². The van der Waals surface area contributed by atoms with Crippen molar-refractivity contribution in [1.82, 2.24) is 4.98 Å². The summed E-state index contributed by atoms with van der Waals surface area (Å²) in [6.07, 6.45) is 6.03. The largest absolute Gasteiger partial charge is 0.327 e. The molecule has 98 valence electrons. The molecule has 1 aliphatic rings. The van der Waals surface area contributed by atoms with Crippen LogP contribution in [-0.4, -0.2) is 16.9 Å². The van der Waals surface area contributed by atoms with Gasteiger partial charge in [0.25, 0.3) is 0 Å². The molecule has 3 N–H and O–H groups in total. The van der Waals surface area contributed by atoms with E-state index >= 15 is 0 Å². The molecule has 4 nitrogen and oxygen atoms in total. The van der Waals surface area contributed by atoms with E-state index in [0.29, 0.717) is 5.82 Å². The normalized spacial score (nSPS) is 24.3. The quantitative estimate of drug-likeness (QED) is 0.791. The Morgan fingerprint density at radius 3 is 2.83 bits per heavy atom. The predicted octanol–water partition coefficient (Wildman–Crippen LogP) is 2.07. The maximum atomic E-state index is 12.7. The second kappa shape index (κ2) is 5.91. The summed E-state index contributed by atoms with van der Waals surface area (Å²) in [6, 6.07) is 2.64. The standard InChI is InChI=1S/C13H18FN3O/c14-9-6-7-12(16-8-9)17-13(18)10-4-2-1-3-5-11(10)15/h6-8,10-11H,1-5,15H2,(H,16,17,18). The van der Waals surface area contributed by atoms with Gasteiger partial charge in [0, 0.05) is 6.04 Å². The Hall–Kier alpha value is -1.49. The average molecular weight is 251 g/mol. The second-order valence-electron chi connectivity index (χ2n) is 4.76. The summed E-state index contributed by atoms with van der Waals surface area (Å²) < 4.78 is 12.7. The highest BCUT2D eigenvalue weighted by atomic mass is 19.1. The molecular weight excluding hydrogens is 233 g/mol. The third-order valence-electron chi connectivity index (χ3n) is 3.38. The molecule has 2 rings (SSSR count).